The molecule has 1 aliphatic carbocycles. The topological polar surface area (TPSA) is 83.8 Å². The zero-order chi connectivity index (χ0) is 19.0. The van der Waals surface area contributed by atoms with Gasteiger partial charge in [-0.1, -0.05) is 6.42 Å². The summed E-state index contributed by atoms with van der Waals surface area (Å²) in [6, 6.07) is 9.40. The molecule has 156 valence electrons. The largest absolute Gasteiger partial charge is 0.338 e. The minimum Gasteiger partial charge on any atom is -0.338 e. The molecule has 0 radical (unpaired) electrons. The van der Waals surface area contributed by atoms with Crippen LogP contribution in [0.5, 0.6) is 0 Å². The number of rotatable bonds is 4. The predicted molar refractivity (Wildman–Crippen MR) is 115 cm³/mol. The number of benzene rings is 2. The molecule has 1 aromatic heterocycles. The van der Waals surface area contributed by atoms with Crippen molar-refractivity contribution in [1.29, 1.82) is 0 Å². The SMILES string of the molecule is Cl.Cl.N[C@@H]1CCC[C@H]1CC(=O)Nc1ccc(-c2nc3cc(F)c(F)cc3[nH]2)cc1. The molecule has 0 spiro atoms. The Morgan fingerprint density at radius 2 is 1.83 bits per heavy atom. The molecule has 1 saturated carbocycles. The monoisotopic (exact) mass is 442 g/mol. The van der Waals surface area contributed by atoms with E-state index in [0.717, 1.165) is 37.0 Å². The molecule has 1 heterocycles. The first-order chi connectivity index (χ1) is 13.0. The van der Waals surface area contributed by atoms with E-state index in [1.807, 2.05) is 0 Å². The number of anilines is 1. The van der Waals surface area contributed by atoms with Crippen molar-refractivity contribution >= 4 is 47.4 Å². The molecule has 5 nitrogen and oxygen atoms in total. The first kappa shape index (κ1) is 23.1. The number of hydrogen-bond donors (Lipinski definition) is 3. The molecule has 1 amide bonds. The number of fused-ring (bicyclic) bond motifs is 1. The summed E-state index contributed by atoms with van der Waals surface area (Å²) in [5, 5.41) is 2.89. The fourth-order valence-electron chi connectivity index (χ4n) is 3.62. The van der Waals surface area contributed by atoms with E-state index in [1.54, 1.807) is 24.3 Å². The number of carbonyl (C=O) groups is 1. The minimum absolute atomic E-state index is 0. The number of hydrogen-bond acceptors (Lipinski definition) is 3. The Kier molecular flexibility index (Phi) is 7.57. The lowest BCUT2D eigenvalue weighted by Gasteiger charge is -2.14. The molecule has 3 aromatic rings. The van der Waals surface area contributed by atoms with Gasteiger partial charge in [0.05, 0.1) is 11.0 Å². The summed E-state index contributed by atoms with van der Waals surface area (Å²) in [4.78, 5) is 19.5. The van der Waals surface area contributed by atoms with Crippen LogP contribution >= 0.6 is 24.8 Å². The van der Waals surface area contributed by atoms with Crippen molar-refractivity contribution in [3.8, 4) is 11.4 Å². The third-order valence-corrected chi connectivity index (χ3v) is 5.13. The van der Waals surface area contributed by atoms with Gasteiger partial charge in [0, 0.05) is 35.8 Å². The maximum absolute atomic E-state index is 13.3. The number of carbonyl (C=O) groups excluding carboxylic acids is 1. The Hall–Kier alpha value is -2.22. The van der Waals surface area contributed by atoms with E-state index in [9.17, 15) is 13.6 Å². The van der Waals surface area contributed by atoms with E-state index in [-0.39, 0.29) is 42.7 Å². The first-order valence-electron chi connectivity index (χ1n) is 9.00. The predicted octanol–water partition coefficient (Wildman–Crippen LogP) is 4.81. The highest BCUT2D eigenvalue weighted by atomic mass is 35.5. The van der Waals surface area contributed by atoms with Crippen LogP contribution in [0.4, 0.5) is 14.5 Å². The lowest BCUT2D eigenvalue weighted by molar-refractivity contribution is -0.117. The van der Waals surface area contributed by atoms with Gasteiger partial charge in [0.15, 0.2) is 11.6 Å². The highest BCUT2D eigenvalue weighted by Gasteiger charge is 2.26. The summed E-state index contributed by atoms with van der Waals surface area (Å²) in [5.41, 5.74) is 8.24. The fourth-order valence-corrected chi connectivity index (χ4v) is 3.62. The maximum Gasteiger partial charge on any atom is 0.224 e. The third kappa shape index (κ3) is 5.04. The summed E-state index contributed by atoms with van der Waals surface area (Å²) < 4.78 is 26.7. The quantitative estimate of drug-likeness (QED) is 0.541. The van der Waals surface area contributed by atoms with Gasteiger partial charge < -0.3 is 16.0 Å². The summed E-state index contributed by atoms with van der Waals surface area (Å²) in [7, 11) is 0. The number of imidazole rings is 1. The van der Waals surface area contributed by atoms with E-state index >= 15 is 0 Å². The molecule has 0 bridgehead atoms. The molecule has 0 saturated heterocycles. The van der Waals surface area contributed by atoms with Crippen LogP contribution in [0.2, 0.25) is 0 Å². The maximum atomic E-state index is 13.3. The van der Waals surface area contributed by atoms with Gasteiger partial charge in [-0.25, -0.2) is 13.8 Å². The van der Waals surface area contributed by atoms with Gasteiger partial charge in [-0.2, -0.15) is 0 Å². The molecule has 9 heteroatoms. The van der Waals surface area contributed by atoms with E-state index in [1.165, 1.54) is 0 Å². The zero-order valence-electron chi connectivity index (χ0n) is 15.5. The van der Waals surface area contributed by atoms with Crippen LogP contribution in [0.25, 0.3) is 22.4 Å². The average Bonchev–Trinajstić information content (AvgIpc) is 3.22. The Labute approximate surface area is 179 Å². The molecule has 1 fully saturated rings. The molecule has 4 N–H and O–H groups in total. The van der Waals surface area contributed by atoms with Crippen molar-refractivity contribution in [2.45, 2.75) is 31.7 Å². The molecule has 2 atom stereocenters. The minimum atomic E-state index is -0.930. The highest BCUT2D eigenvalue weighted by Crippen LogP contribution is 2.28. The van der Waals surface area contributed by atoms with E-state index in [0.29, 0.717) is 29.0 Å². The fraction of sp³-hybridized carbons (Fsp3) is 0.300. The van der Waals surface area contributed by atoms with E-state index in [2.05, 4.69) is 15.3 Å². The van der Waals surface area contributed by atoms with Gasteiger partial charge in [-0.3, -0.25) is 4.79 Å². The average molecular weight is 443 g/mol. The van der Waals surface area contributed by atoms with Crippen LogP contribution in [0, 0.1) is 17.6 Å². The van der Waals surface area contributed by atoms with Crippen LogP contribution < -0.4 is 11.1 Å². The van der Waals surface area contributed by atoms with Crippen LogP contribution in [0.3, 0.4) is 0 Å². The van der Waals surface area contributed by atoms with Crippen LogP contribution in [-0.2, 0) is 4.79 Å². The molecule has 1 aliphatic rings. The van der Waals surface area contributed by atoms with Crippen LogP contribution in [0.15, 0.2) is 36.4 Å². The number of aromatic nitrogens is 2. The highest BCUT2D eigenvalue weighted by molar-refractivity contribution is 5.91. The molecule has 29 heavy (non-hydrogen) atoms. The third-order valence-electron chi connectivity index (χ3n) is 5.13. The number of nitrogens with zero attached hydrogens (tertiary/aromatic N) is 1. The van der Waals surface area contributed by atoms with Crippen molar-refractivity contribution in [2.75, 3.05) is 5.32 Å². The Balaban J connectivity index is 0.00000150. The molecular formula is C20H22Cl2F2N4O. The summed E-state index contributed by atoms with van der Waals surface area (Å²) >= 11 is 0. The Morgan fingerprint density at radius 3 is 2.48 bits per heavy atom. The molecule has 0 aliphatic heterocycles. The van der Waals surface area contributed by atoms with Crippen molar-refractivity contribution in [3.05, 3.63) is 48.0 Å². The summed E-state index contributed by atoms with van der Waals surface area (Å²) in [5.74, 6) is -1.14. The van der Waals surface area contributed by atoms with E-state index < -0.39 is 11.6 Å². The van der Waals surface area contributed by atoms with E-state index in [4.69, 9.17) is 5.73 Å². The van der Waals surface area contributed by atoms with Crippen molar-refractivity contribution in [2.24, 2.45) is 11.7 Å². The van der Waals surface area contributed by atoms with Gasteiger partial charge in [-0.15, -0.1) is 24.8 Å². The van der Waals surface area contributed by atoms with Gasteiger partial charge >= 0.3 is 0 Å². The van der Waals surface area contributed by atoms with Gasteiger partial charge in [0.1, 0.15) is 5.82 Å². The van der Waals surface area contributed by atoms with Crippen molar-refractivity contribution in [3.63, 3.8) is 0 Å². The summed E-state index contributed by atoms with van der Waals surface area (Å²) in [6.45, 7) is 0. The van der Waals surface area contributed by atoms with Crippen LogP contribution in [0.1, 0.15) is 25.7 Å². The van der Waals surface area contributed by atoms with Gasteiger partial charge in [0.25, 0.3) is 0 Å². The Morgan fingerprint density at radius 1 is 1.14 bits per heavy atom. The lowest BCUT2D eigenvalue weighted by Crippen LogP contribution is -2.28. The lowest BCUT2D eigenvalue weighted by atomic mass is 10.00. The van der Waals surface area contributed by atoms with Crippen molar-refractivity contribution < 1.29 is 13.6 Å². The zero-order valence-corrected chi connectivity index (χ0v) is 17.1. The smallest absolute Gasteiger partial charge is 0.224 e. The second-order valence-electron chi connectivity index (χ2n) is 7.05. The normalized spacial score (nSPS) is 18.2. The molecule has 2 aromatic carbocycles. The van der Waals surface area contributed by atoms with Crippen molar-refractivity contribution in [1.82, 2.24) is 9.97 Å². The number of aromatic amines is 1. The Bertz CT molecular complexity index is 955. The molecular weight excluding hydrogens is 421 g/mol. The number of halogens is 4. The second-order valence-corrected chi connectivity index (χ2v) is 7.05. The summed E-state index contributed by atoms with van der Waals surface area (Å²) in [6.07, 6.45) is 3.50. The van der Waals surface area contributed by atoms with Gasteiger partial charge in [-0.05, 0) is 43.0 Å². The number of H-pyrrole nitrogens is 1. The first-order valence-corrected chi connectivity index (χ1v) is 9.00. The number of nitrogens with two attached hydrogens (primary N) is 1. The molecule has 4 rings (SSSR count). The second kappa shape index (κ2) is 9.52. The number of nitrogens with one attached hydrogen (secondary N) is 2. The standard InChI is InChI=1S/C20H20F2N4O.2ClH/c21-14-9-17-18(10-15(14)22)26-20(25-17)11-4-6-13(7-5-11)24-19(27)8-12-2-1-3-16(12)23;;/h4-7,9-10,12,16H,1-3,8,23H2,(H,24,27)(H,25,26);2*1H/t12-,16+;;/m0../s1. The molecule has 0 unspecified atom stereocenters. The van der Waals surface area contributed by atoms with Crippen LogP contribution in [-0.4, -0.2) is 21.9 Å². The van der Waals surface area contributed by atoms with Gasteiger partial charge in [0.2, 0.25) is 5.91 Å². The number of amides is 1.